The number of fused-ring (bicyclic) bond motifs is 2. The zero-order valence-electron chi connectivity index (χ0n) is 28.8. The average Bonchev–Trinajstić information content (AvgIpc) is 3.68. The Labute approximate surface area is 295 Å². The molecule has 0 aliphatic rings. The Bertz CT molecular complexity index is 1860. The van der Waals surface area contributed by atoms with Gasteiger partial charge >= 0.3 is 17.9 Å². The minimum atomic E-state index is -0.342. The monoisotopic (exact) mass is 732 g/mol. The molecule has 2 heterocycles. The van der Waals surface area contributed by atoms with Crippen LogP contribution in [0.4, 0.5) is 0 Å². The molecule has 0 unspecified atom stereocenters. The predicted molar refractivity (Wildman–Crippen MR) is 196 cm³/mol. The fraction of sp³-hybridized carbons (Fsp3) is 0.342. The van der Waals surface area contributed by atoms with Crippen LogP contribution in [-0.4, -0.2) is 85.6 Å². The van der Waals surface area contributed by atoms with Gasteiger partial charge in [-0.1, -0.05) is 46.3 Å². The van der Waals surface area contributed by atoms with Crippen molar-refractivity contribution in [1.29, 1.82) is 0 Å². The number of rotatable bonds is 14. The predicted octanol–water partition coefficient (Wildman–Crippen LogP) is 6.70. The van der Waals surface area contributed by atoms with E-state index in [4.69, 9.17) is 14.2 Å². The van der Waals surface area contributed by atoms with E-state index < -0.39 is 0 Å². The van der Waals surface area contributed by atoms with Gasteiger partial charge in [-0.15, -0.1) is 0 Å². The number of carbonyl (C=O) groups excluding carboxylic acids is 3. The third-order valence-corrected chi connectivity index (χ3v) is 8.50. The number of esters is 3. The molecule has 0 radical (unpaired) electrons. The highest BCUT2D eigenvalue weighted by Gasteiger charge is 2.15. The molecule has 49 heavy (non-hydrogen) atoms. The van der Waals surface area contributed by atoms with Crippen molar-refractivity contribution in [3.63, 3.8) is 0 Å². The second-order valence-corrected chi connectivity index (χ2v) is 13.1. The first kappa shape index (κ1) is 37.4. The number of hydrogen-bond acceptors (Lipinski definition) is 8. The van der Waals surface area contributed by atoms with Crippen LogP contribution in [0.5, 0.6) is 11.5 Å². The van der Waals surface area contributed by atoms with Gasteiger partial charge < -0.3 is 34.0 Å². The van der Waals surface area contributed by atoms with E-state index in [9.17, 15) is 14.4 Å². The Morgan fingerprint density at radius 2 is 1.22 bits per heavy atom. The molecule has 2 aromatic heterocycles. The molecule has 5 aromatic rings. The van der Waals surface area contributed by atoms with Gasteiger partial charge in [-0.2, -0.15) is 0 Å². The summed E-state index contributed by atoms with van der Waals surface area (Å²) >= 11 is 3.47. The Morgan fingerprint density at radius 1 is 0.694 bits per heavy atom. The molecule has 260 valence electrons. The highest BCUT2D eigenvalue weighted by Crippen LogP contribution is 2.31. The van der Waals surface area contributed by atoms with Gasteiger partial charge in [0.05, 0.1) is 13.0 Å². The van der Waals surface area contributed by atoms with Crippen molar-refractivity contribution in [2.75, 3.05) is 47.9 Å². The van der Waals surface area contributed by atoms with Crippen molar-refractivity contribution < 1.29 is 28.6 Å². The fourth-order valence-corrected chi connectivity index (χ4v) is 5.68. The number of benzene rings is 3. The fourth-order valence-electron chi connectivity index (χ4n) is 5.25. The number of carbonyl (C=O) groups is 3. The zero-order valence-corrected chi connectivity index (χ0v) is 30.4. The van der Waals surface area contributed by atoms with Crippen LogP contribution in [0.1, 0.15) is 36.5 Å². The van der Waals surface area contributed by atoms with Gasteiger partial charge in [0.15, 0.2) is 0 Å². The van der Waals surface area contributed by atoms with E-state index in [0.717, 1.165) is 68.9 Å². The molecule has 0 aliphatic heterocycles. The van der Waals surface area contributed by atoms with Crippen LogP contribution >= 0.6 is 15.9 Å². The lowest BCUT2D eigenvalue weighted by atomic mass is 10.1. The SMILES string of the molecule is CC(=O)OCCCC(=O)Oc1cccc2[nH]cc(CCN(C)C)c12.CN(C)CCc1c[nH]c2cccc(OC(=O)Cc3ccccc3Br)c12. The van der Waals surface area contributed by atoms with E-state index in [0.29, 0.717) is 17.9 Å². The number of aromatic nitrogens is 2. The maximum Gasteiger partial charge on any atom is 0.315 e. The topological polar surface area (TPSA) is 117 Å². The summed E-state index contributed by atoms with van der Waals surface area (Å²) < 4.78 is 17.0. The molecule has 11 heteroatoms. The molecule has 0 spiro atoms. The van der Waals surface area contributed by atoms with Gasteiger partial charge in [0.2, 0.25) is 0 Å². The van der Waals surface area contributed by atoms with E-state index in [1.807, 2.05) is 95.2 Å². The van der Waals surface area contributed by atoms with Gasteiger partial charge in [-0.3, -0.25) is 14.4 Å². The summed E-state index contributed by atoms with van der Waals surface area (Å²) in [6.45, 7) is 3.43. The Hall–Kier alpha value is -4.45. The van der Waals surface area contributed by atoms with Gasteiger partial charge in [0, 0.05) is 65.1 Å². The normalized spacial score (nSPS) is 11.1. The lowest BCUT2D eigenvalue weighted by molar-refractivity contribution is -0.142. The first-order valence-corrected chi connectivity index (χ1v) is 17.1. The molecule has 0 bridgehead atoms. The number of likely N-dealkylation sites (N-methyl/N-ethyl adjacent to an activating group) is 2. The Morgan fingerprint density at radius 3 is 1.73 bits per heavy atom. The molecule has 10 nitrogen and oxygen atoms in total. The average molecular weight is 734 g/mol. The molecule has 0 saturated heterocycles. The van der Waals surface area contributed by atoms with E-state index in [1.54, 1.807) is 6.07 Å². The third kappa shape index (κ3) is 11.3. The van der Waals surface area contributed by atoms with Crippen molar-refractivity contribution >= 4 is 55.6 Å². The highest BCUT2D eigenvalue weighted by atomic mass is 79.9. The maximum absolute atomic E-state index is 12.4. The maximum atomic E-state index is 12.4. The zero-order chi connectivity index (χ0) is 35.3. The van der Waals surface area contributed by atoms with Crippen LogP contribution < -0.4 is 9.47 Å². The standard InChI is InChI=1S/C20H21BrN2O2.C18H24N2O4/c1-23(2)11-10-15-13-22-17-8-5-9-18(20(15)17)25-19(24)12-14-6-3-4-7-16(14)21;1-13(21)23-11-5-8-17(22)24-16-7-4-6-15-18(16)14(12-19-15)9-10-20(2)3/h3-9,13,22H,10-12H2,1-2H3;4,6-7,12,19H,5,8-11H2,1-3H3. The second-order valence-electron chi connectivity index (χ2n) is 12.3. The molecule has 5 rings (SSSR count). The van der Waals surface area contributed by atoms with Crippen LogP contribution in [0.3, 0.4) is 0 Å². The van der Waals surface area contributed by atoms with Crippen molar-refractivity contribution in [2.24, 2.45) is 0 Å². The second kappa shape index (κ2) is 18.4. The summed E-state index contributed by atoms with van der Waals surface area (Å²) in [5.74, 6) is 0.254. The number of ether oxygens (including phenoxy) is 3. The smallest absolute Gasteiger partial charge is 0.315 e. The van der Waals surface area contributed by atoms with E-state index in [2.05, 4.69) is 35.7 Å². The van der Waals surface area contributed by atoms with Gasteiger partial charge in [0.25, 0.3) is 0 Å². The van der Waals surface area contributed by atoms with E-state index in [-0.39, 0.29) is 37.4 Å². The number of halogens is 1. The van der Waals surface area contributed by atoms with Crippen molar-refractivity contribution in [3.05, 3.63) is 94.2 Å². The molecular formula is C38H45BrN4O6. The molecule has 0 aliphatic carbocycles. The summed E-state index contributed by atoms with van der Waals surface area (Å²) in [4.78, 5) is 45.9. The van der Waals surface area contributed by atoms with Crippen LogP contribution in [0.15, 0.2) is 77.5 Å². The summed E-state index contributed by atoms with van der Waals surface area (Å²) in [5, 5.41) is 1.94. The van der Waals surface area contributed by atoms with Crippen LogP contribution in [0.2, 0.25) is 0 Å². The van der Waals surface area contributed by atoms with Crippen LogP contribution in [0, 0.1) is 0 Å². The van der Waals surface area contributed by atoms with Gasteiger partial charge in [-0.25, -0.2) is 0 Å². The summed E-state index contributed by atoms with van der Waals surface area (Å²) in [6, 6.07) is 19.1. The lowest BCUT2D eigenvalue weighted by Crippen LogP contribution is -2.15. The minimum Gasteiger partial charge on any atom is -0.466 e. The quantitative estimate of drug-likeness (QED) is 0.0736. The third-order valence-electron chi connectivity index (χ3n) is 7.73. The van der Waals surface area contributed by atoms with Gasteiger partial charge in [0.1, 0.15) is 11.5 Å². The number of hydrogen-bond donors (Lipinski definition) is 2. The number of aromatic amines is 2. The molecule has 3 aromatic carbocycles. The van der Waals surface area contributed by atoms with E-state index >= 15 is 0 Å². The van der Waals surface area contributed by atoms with Gasteiger partial charge in [-0.05, 0) is 94.5 Å². The van der Waals surface area contributed by atoms with Crippen LogP contribution in [0.25, 0.3) is 21.8 Å². The molecule has 0 fully saturated rings. The van der Waals surface area contributed by atoms with Crippen LogP contribution in [-0.2, 0) is 38.4 Å². The van der Waals surface area contributed by atoms with Crippen molar-refractivity contribution in [2.45, 2.75) is 39.0 Å². The van der Waals surface area contributed by atoms with E-state index in [1.165, 1.54) is 6.92 Å². The molecule has 0 atom stereocenters. The summed E-state index contributed by atoms with van der Waals surface area (Å²) in [7, 11) is 8.15. The number of nitrogens with zero attached hydrogens (tertiary/aromatic N) is 2. The number of H-pyrrole nitrogens is 2. The molecule has 2 N–H and O–H groups in total. The first-order chi connectivity index (χ1) is 23.5. The molecular weight excluding hydrogens is 688 g/mol. The summed E-state index contributed by atoms with van der Waals surface area (Å²) in [5.41, 5.74) is 5.14. The van der Waals surface area contributed by atoms with Crippen molar-refractivity contribution in [3.8, 4) is 11.5 Å². The highest BCUT2D eigenvalue weighted by molar-refractivity contribution is 9.10. The Kier molecular flexibility index (Phi) is 14.0. The molecule has 0 amide bonds. The Balaban J connectivity index is 0.000000221. The van der Waals surface area contributed by atoms with Crippen molar-refractivity contribution in [1.82, 2.24) is 19.8 Å². The lowest BCUT2D eigenvalue weighted by Gasteiger charge is -2.11. The number of nitrogens with one attached hydrogen (secondary N) is 2. The summed E-state index contributed by atoms with van der Waals surface area (Å²) in [6.07, 6.45) is 6.62. The minimum absolute atomic E-state index is 0.209. The first-order valence-electron chi connectivity index (χ1n) is 16.3. The largest absolute Gasteiger partial charge is 0.466 e. The molecule has 0 saturated carbocycles.